The first-order valence-corrected chi connectivity index (χ1v) is 11.9. The van der Waals surface area contributed by atoms with Crippen molar-refractivity contribution < 1.29 is 14.3 Å². The number of hydrogen-bond acceptors (Lipinski definition) is 5. The number of aryl methyl sites for hydroxylation is 1. The molecule has 4 heterocycles. The lowest BCUT2D eigenvalue weighted by molar-refractivity contribution is 0.102. The Morgan fingerprint density at radius 3 is 2.81 bits per heavy atom. The summed E-state index contributed by atoms with van der Waals surface area (Å²) in [6.07, 6.45) is 2.12. The number of aromatic nitrogens is 4. The molecule has 10 heteroatoms. The molecule has 2 aromatic carbocycles. The van der Waals surface area contributed by atoms with E-state index >= 15 is 0 Å². The summed E-state index contributed by atoms with van der Waals surface area (Å²) in [4.78, 5) is 27.1. The molecule has 0 radical (unpaired) electrons. The molecule has 182 valence electrons. The third-order valence-corrected chi connectivity index (χ3v) is 6.72. The predicted molar refractivity (Wildman–Crippen MR) is 137 cm³/mol. The molecule has 1 amide bonds. The van der Waals surface area contributed by atoms with Crippen LogP contribution in [0.4, 0.5) is 16.0 Å². The molecule has 6 rings (SSSR count). The standard InChI is InChI=1S/C26H22ClFN6O2/c1-14-23(33-7-6-19(35)12-33)4-5-24-29-22(13-34(14)24)25(36)32-26-30-20-3-2-15(10-21(20)31-26)16-8-17(27)11-18(28)9-16/h2-5,8-11,13,19,35H,6-7,12H2,1H3,(H2,30,31,32,36)/t19-/m1/s1. The number of rotatable bonds is 4. The Labute approximate surface area is 210 Å². The van der Waals surface area contributed by atoms with E-state index < -0.39 is 11.7 Å². The average molecular weight is 505 g/mol. The Hall–Kier alpha value is -3.95. The van der Waals surface area contributed by atoms with Crippen molar-refractivity contribution in [1.29, 1.82) is 0 Å². The summed E-state index contributed by atoms with van der Waals surface area (Å²) in [5, 5.41) is 13.0. The first-order valence-electron chi connectivity index (χ1n) is 11.5. The van der Waals surface area contributed by atoms with Crippen LogP contribution in [0.3, 0.4) is 0 Å². The topological polar surface area (TPSA) is 98.5 Å². The van der Waals surface area contributed by atoms with Crippen LogP contribution in [-0.4, -0.2) is 49.6 Å². The van der Waals surface area contributed by atoms with Crippen molar-refractivity contribution in [1.82, 2.24) is 19.4 Å². The minimum atomic E-state index is -0.416. The number of benzene rings is 2. The number of nitrogens with one attached hydrogen (secondary N) is 2. The van der Waals surface area contributed by atoms with E-state index in [1.54, 1.807) is 18.3 Å². The van der Waals surface area contributed by atoms with Crippen LogP contribution in [0.2, 0.25) is 5.02 Å². The minimum Gasteiger partial charge on any atom is -0.391 e. The molecule has 8 nitrogen and oxygen atoms in total. The summed E-state index contributed by atoms with van der Waals surface area (Å²) in [7, 11) is 0. The van der Waals surface area contributed by atoms with Crippen LogP contribution in [0.25, 0.3) is 27.8 Å². The summed E-state index contributed by atoms with van der Waals surface area (Å²) in [5.74, 6) is -0.530. The van der Waals surface area contributed by atoms with Gasteiger partial charge in [0, 0.05) is 30.0 Å². The summed E-state index contributed by atoms with van der Waals surface area (Å²) in [5.41, 5.74) is 5.60. The van der Waals surface area contributed by atoms with Gasteiger partial charge in [0.2, 0.25) is 5.95 Å². The second kappa shape index (κ2) is 8.61. The van der Waals surface area contributed by atoms with Crippen LogP contribution in [0, 0.1) is 12.7 Å². The van der Waals surface area contributed by atoms with Crippen molar-refractivity contribution in [3.05, 3.63) is 77.0 Å². The highest BCUT2D eigenvalue weighted by Crippen LogP contribution is 2.28. The van der Waals surface area contributed by atoms with Crippen LogP contribution in [0.5, 0.6) is 0 Å². The van der Waals surface area contributed by atoms with Crippen molar-refractivity contribution in [3.63, 3.8) is 0 Å². The first kappa shape index (κ1) is 22.5. The van der Waals surface area contributed by atoms with Crippen molar-refractivity contribution in [2.24, 2.45) is 0 Å². The smallest absolute Gasteiger partial charge is 0.278 e. The van der Waals surface area contributed by atoms with E-state index in [-0.39, 0.29) is 17.7 Å². The molecule has 1 aliphatic heterocycles. The van der Waals surface area contributed by atoms with Crippen molar-refractivity contribution >= 4 is 45.8 Å². The molecular weight excluding hydrogens is 483 g/mol. The molecule has 36 heavy (non-hydrogen) atoms. The minimum absolute atomic E-state index is 0.257. The highest BCUT2D eigenvalue weighted by Gasteiger charge is 2.23. The zero-order chi connectivity index (χ0) is 25.0. The van der Waals surface area contributed by atoms with Gasteiger partial charge in [-0.15, -0.1) is 0 Å². The van der Waals surface area contributed by atoms with E-state index in [0.717, 1.165) is 35.4 Å². The zero-order valence-corrected chi connectivity index (χ0v) is 20.1. The van der Waals surface area contributed by atoms with Crippen molar-refractivity contribution in [2.75, 3.05) is 23.3 Å². The number of carbonyl (C=O) groups is 1. The summed E-state index contributed by atoms with van der Waals surface area (Å²) in [6.45, 7) is 3.35. The van der Waals surface area contributed by atoms with Gasteiger partial charge in [0.05, 0.1) is 22.8 Å². The highest BCUT2D eigenvalue weighted by molar-refractivity contribution is 6.30. The molecule has 0 bridgehead atoms. The van der Waals surface area contributed by atoms with Gasteiger partial charge in [0.15, 0.2) is 0 Å². The Kier molecular flexibility index (Phi) is 5.39. The maximum absolute atomic E-state index is 13.8. The lowest BCUT2D eigenvalue weighted by Gasteiger charge is -2.20. The number of aliphatic hydroxyl groups excluding tert-OH is 1. The molecule has 0 spiro atoms. The SMILES string of the molecule is Cc1c(N2CC[C@@H](O)C2)ccc2nc(C(=O)Nc3nc4cc(-c5cc(F)cc(Cl)c5)ccc4[nH]3)cn12. The Bertz CT molecular complexity index is 1620. The molecule has 1 aliphatic rings. The third-order valence-electron chi connectivity index (χ3n) is 6.50. The molecule has 0 aliphatic carbocycles. The van der Waals surface area contributed by atoms with E-state index in [0.29, 0.717) is 28.3 Å². The zero-order valence-electron chi connectivity index (χ0n) is 19.3. The molecule has 5 aromatic rings. The number of hydrogen-bond donors (Lipinski definition) is 3. The third kappa shape index (κ3) is 4.06. The number of amides is 1. The number of imidazole rings is 2. The van der Waals surface area contributed by atoms with Gasteiger partial charge in [0.1, 0.15) is 17.2 Å². The molecule has 1 atom stereocenters. The Balaban J connectivity index is 1.25. The van der Waals surface area contributed by atoms with Crippen LogP contribution in [-0.2, 0) is 0 Å². The highest BCUT2D eigenvalue weighted by atomic mass is 35.5. The fourth-order valence-corrected chi connectivity index (χ4v) is 4.94. The number of halogens is 2. The number of pyridine rings is 1. The summed E-state index contributed by atoms with van der Waals surface area (Å²) < 4.78 is 15.7. The van der Waals surface area contributed by atoms with E-state index in [1.807, 2.05) is 35.6 Å². The molecule has 3 N–H and O–H groups in total. The molecule has 3 aromatic heterocycles. The molecule has 1 fully saturated rings. The van der Waals surface area contributed by atoms with Gasteiger partial charge in [-0.3, -0.25) is 10.1 Å². The number of nitrogens with zero attached hydrogens (tertiary/aromatic N) is 4. The first-order chi connectivity index (χ1) is 17.3. The van der Waals surface area contributed by atoms with E-state index in [2.05, 4.69) is 25.2 Å². The fourth-order valence-electron chi connectivity index (χ4n) is 4.72. The largest absolute Gasteiger partial charge is 0.391 e. The molecule has 0 unspecified atom stereocenters. The number of anilines is 2. The number of carbonyl (C=O) groups excluding carboxylic acids is 1. The predicted octanol–water partition coefficient (Wildman–Crippen LogP) is 4.80. The maximum atomic E-state index is 13.8. The monoisotopic (exact) mass is 504 g/mol. The van der Waals surface area contributed by atoms with E-state index in [1.165, 1.54) is 12.1 Å². The number of fused-ring (bicyclic) bond motifs is 2. The number of β-amino-alcohol motifs (C(OH)–C–C–N with tert-alkyl or cyclic N) is 1. The lowest BCUT2D eigenvalue weighted by atomic mass is 10.1. The van der Waals surface area contributed by atoms with E-state index in [9.17, 15) is 14.3 Å². The van der Waals surface area contributed by atoms with Crippen molar-refractivity contribution in [2.45, 2.75) is 19.4 Å². The van der Waals surface area contributed by atoms with Crippen molar-refractivity contribution in [3.8, 4) is 11.1 Å². The number of aromatic amines is 1. The normalized spacial score (nSPS) is 15.8. The Morgan fingerprint density at radius 1 is 1.17 bits per heavy atom. The molecule has 1 saturated heterocycles. The Morgan fingerprint density at radius 2 is 2.03 bits per heavy atom. The number of aliphatic hydroxyl groups is 1. The average Bonchev–Trinajstić information content (AvgIpc) is 3.56. The second-order valence-corrected chi connectivity index (χ2v) is 9.41. The van der Waals surface area contributed by atoms with Gasteiger partial charge in [-0.05, 0) is 66.9 Å². The van der Waals surface area contributed by atoms with Gasteiger partial charge in [0.25, 0.3) is 5.91 Å². The summed E-state index contributed by atoms with van der Waals surface area (Å²) >= 11 is 5.99. The molecular formula is C26H22ClFN6O2. The van der Waals surface area contributed by atoms with Gasteiger partial charge in [-0.2, -0.15) is 0 Å². The van der Waals surface area contributed by atoms with Crippen LogP contribution >= 0.6 is 11.6 Å². The quantitative estimate of drug-likeness (QED) is 0.326. The number of H-pyrrole nitrogens is 1. The van der Waals surface area contributed by atoms with E-state index in [4.69, 9.17) is 11.6 Å². The molecule has 0 saturated carbocycles. The second-order valence-electron chi connectivity index (χ2n) is 8.98. The maximum Gasteiger partial charge on any atom is 0.278 e. The fraction of sp³-hybridized carbons (Fsp3) is 0.192. The van der Waals surface area contributed by atoms with Crippen LogP contribution in [0.1, 0.15) is 22.6 Å². The lowest BCUT2D eigenvalue weighted by Crippen LogP contribution is -2.22. The summed E-state index contributed by atoms with van der Waals surface area (Å²) in [6, 6.07) is 13.6. The van der Waals surface area contributed by atoms with Crippen LogP contribution < -0.4 is 10.2 Å². The van der Waals surface area contributed by atoms with Gasteiger partial charge in [-0.25, -0.2) is 14.4 Å². The van der Waals surface area contributed by atoms with Gasteiger partial charge < -0.3 is 19.4 Å². The van der Waals surface area contributed by atoms with Gasteiger partial charge in [-0.1, -0.05) is 17.7 Å². The van der Waals surface area contributed by atoms with Gasteiger partial charge >= 0.3 is 0 Å². The van der Waals surface area contributed by atoms with Crippen LogP contribution in [0.15, 0.2) is 54.7 Å².